The van der Waals surface area contributed by atoms with E-state index in [4.69, 9.17) is 5.73 Å². The van der Waals surface area contributed by atoms with Gasteiger partial charge in [0.15, 0.2) is 0 Å². The molecule has 1 heterocycles. The lowest BCUT2D eigenvalue weighted by Crippen LogP contribution is -2.47. The zero-order chi connectivity index (χ0) is 16.9. The molecule has 0 bridgehead atoms. The van der Waals surface area contributed by atoms with E-state index in [2.05, 4.69) is 30.9 Å². The number of carbonyl (C=O) groups is 1. The number of benzene rings is 1. The molecule has 1 amide bonds. The number of amides is 1. The first-order valence-corrected chi connectivity index (χ1v) is 9.42. The van der Waals surface area contributed by atoms with Gasteiger partial charge in [0, 0.05) is 38.2 Å². The Balaban J connectivity index is 0.00000288. The Kier molecular flexibility index (Phi) is 11.1. The van der Waals surface area contributed by atoms with Gasteiger partial charge in [-0.05, 0) is 17.5 Å². The maximum Gasteiger partial charge on any atom is 0.244 e. The minimum atomic E-state index is -0.185. The SMILES string of the molecule is CN(CC(C)(C)CN)C(=O)C(c1ccccc1)N1CCSCC1.Cl.Cl. The number of likely N-dealkylation sites (N-methyl/N-ethyl adjacent to an activating group) is 1. The third-order valence-electron chi connectivity index (χ3n) is 4.35. The number of thioether (sulfide) groups is 1. The fourth-order valence-corrected chi connectivity index (χ4v) is 3.91. The van der Waals surface area contributed by atoms with Gasteiger partial charge in [0.05, 0.1) is 0 Å². The Hall–Kier alpha value is -0.460. The molecule has 0 radical (unpaired) electrons. The molecular weight excluding hydrogens is 377 g/mol. The average molecular weight is 408 g/mol. The Bertz CT molecular complexity index is 510. The van der Waals surface area contributed by atoms with E-state index in [-0.39, 0.29) is 42.2 Å². The van der Waals surface area contributed by atoms with E-state index < -0.39 is 0 Å². The fourth-order valence-electron chi connectivity index (χ4n) is 2.97. The fraction of sp³-hybridized carbons (Fsp3) is 0.611. The summed E-state index contributed by atoms with van der Waals surface area (Å²) in [5.41, 5.74) is 6.85. The third-order valence-corrected chi connectivity index (χ3v) is 5.30. The molecule has 1 saturated heterocycles. The Labute approximate surface area is 168 Å². The molecule has 0 saturated carbocycles. The number of nitrogens with zero attached hydrogens (tertiary/aromatic N) is 2. The molecule has 4 nitrogen and oxygen atoms in total. The molecule has 7 heteroatoms. The molecule has 1 aliphatic rings. The van der Waals surface area contributed by atoms with E-state index in [1.165, 1.54) is 0 Å². The van der Waals surface area contributed by atoms with Crippen LogP contribution >= 0.6 is 36.6 Å². The first kappa shape index (κ1) is 24.5. The van der Waals surface area contributed by atoms with Crippen molar-refractivity contribution >= 4 is 42.5 Å². The largest absolute Gasteiger partial charge is 0.344 e. The first-order chi connectivity index (χ1) is 10.9. The summed E-state index contributed by atoms with van der Waals surface area (Å²) in [7, 11) is 1.90. The van der Waals surface area contributed by atoms with Crippen LogP contribution in [0.3, 0.4) is 0 Å². The predicted octanol–water partition coefficient (Wildman–Crippen LogP) is 3.06. The van der Waals surface area contributed by atoms with E-state index in [0.717, 1.165) is 30.2 Å². The van der Waals surface area contributed by atoms with Crippen LogP contribution in [0.4, 0.5) is 0 Å². The maximum absolute atomic E-state index is 13.2. The van der Waals surface area contributed by atoms with E-state index in [1.54, 1.807) is 0 Å². The van der Waals surface area contributed by atoms with Crippen LogP contribution < -0.4 is 5.73 Å². The van der Waals surface area contributed by atoms with Crippen molar-refractivity contribution in [2.75, 3.05) is 44.7 Å². The molecule has 2 N–H and O–H groups in total. The monoisotopic (exact) mass is 407 g/mol. The second kappa shape index (κ2) is 11.3. The minimum absolute atomic E-state index is 0. The summed E-state index contributed by atoms with van der Waals surface area (Å²) < 4.78 is 0. The minimum Gasteiger partial charge on any atom is -0.344 e. The van der Waals surface area contributed by atoms with Crippen molar-refractivity contribution in [1.82, 2.24) is 9.80 Å². The highest BCUT2D eigenvalue weighted by molar-refractivity contribution is 7.99. The molecule has 0 aromatic heterocycles. The van der Waals surface area contributed by atoms with Crippen LogP contribution in [0.5, 0.6) is 0 Å². The van der Waals surface area contributed by atoms with E-state index >= 15 is 0 Å². The van der Waals surface area contributed by atoms with Crippen LogP contribution in [0.2, 0.25) is 0 Å². The summed E-state index contributed by atoms with van der Waals surface area (Å²) in [4.78, 5) is 17.3. The van der Waals surface area contributed by atoms with Crippen LogP contribution in [0.25, 0.3) is 0 Å². The zero-order valence-corrected chi connectivity index (χ0v) is 17.8. The van der Waals surface area contributed by atoms with Crippen molar-refractivity contribution in [3.05, 3.63) is 35.9 Å². The van der Waals surface area contributed by atoms with Gasteiger partial charge in [0.25, 0.3) is 0 Å². The molecule has 0 aliphatic carbocycles. The summed E-state index contributed by atoms with van der Waals surface area (Å²) in [6.07, 6.45) is 0. The lowest BCUT2D eigenvalue weighted by atomic mass is 9.92. The van der Waals surface area contributed by atoms with Crippen molar-refractivity contribution in [3.8, 4) is 0 Å². The lowest BCUT2D eigenvalue weighted by molar-refractivity contribution is -0.137. The highest BCUT2D eigenvalue weighted by atomic mass is 35.5. The van der Waals surface area contributed by atoms with Crippen molar-refractivity contribution in [1.29, 1.82) is 0 Å². The molecule has 2 rings (SSSR count). The predicted molar refractivity (Wildman–Crippen MR) is 113 cm³/mol. The molecule has 1 aromatic carbocycles. The number of hydrogen-bond donors (Lipinski definition) is 1. The Morgan fingerprint density at radius 3 is 2.32 bits per heavy atom. The number of nitrogens with two attached hydrogens (primary N) is 1. The first-order valence-electron chi connectivity index (χ1n) is 8.26. The van der Waals surface area contributed by atoms with Crippen molar-refractivity contribution < 1.29 is 4.79 Å². The van der Waals surface area contributed by atoms with Gasteiger partial charge < -0.3 is 10.6 Å². The number of rotatable bonds is 6. The Morgan fingerprint density at radius 2 is 1.80 bits per heavy atom. The van der Waals surface area contributed by atoms with Gasteiger partial charge in [-0.2, -0.15) is 11.8 Å². The van der Waals surface area contributed by atoms with E-state index in [1.807, 2.05) is 41.9 Å². The van der Waals surface area contributed by atoms with Crippen LogP contribution in [0.15, 0.2) is 30.3 Å². The van der Waals surface area contributed by atoms with Gasteiger partial charge in [-0.25, -0.2) is 0 Å². The molecule has 144 valence electrons. The van der Waals surface area contributed by atoms with Crippen LogP contribution in [-0.2, 0) is 4.79 Å². The summed E-state index contributed by atoms with van der Waals surface area (Å²) in [6, 6.07) is 9.96. The molecule has 1 unspecified atom stereocenters. The summed E-state index contributed by atoms with van der Waals surface area (Å²) in [5.74, 6) is 2.35. The molecule has 1 aliphatic heterocycles. The second-order valence-electron chi connectivity index (χ2n) is 7.02. The summed E-state index contributed by atoms with van der Waals surface area (Å²) in [6.45, 7) is 7.38. The third kappa shape index (κ3) is 6.99. The van der Waals surface area contributed by atoms with Crippen LogP contribution in [-0.4, -0.2) is 60.4 Å². The topological polar surface area (TPSA) is 49.6 Å². The van der Waals surface area contributed by atoms with Crippen LogP contribution in [0.1, 0.15) is 25.5 Å². The average Bonchev–Trinajstić information content (AvgIpc) is 2.56. The second-order valence-corrected chi connectivity index (χ2v) is 8.25. The summed E-state index contributed by atoms with van der Waals surface area (Å²) in [5, 5.41) is 0. The van der Waals surface area contributed by atoms with Crippen LogP contribution in [0, 0.1) is 5.41 Å². The van der Waals surface area contributed by atoms with Crippen molar-refractivity contribution in [3.63, 3.8) is 0 Å². The van der Waals surface area contributed by atoms with E-state index in [9.17, 15) is 4.79 Å². The van der Waals surface area contributed by atoms with Gasteiger partial charge in [-0.15, -0.1) is 24.8 Å². The Morgan fingerprint density at radius 1 is 1.24 bits per heavy atom. The molecule has 1 atom stereocenters. The number of halogens is 2. The molecule has 1 fully saturated rings. The molecule has 0 spiro atoms. The van der Waals surface area contributed by atoms with Crippen molar-refractivity contribution in [2.24, 2.45) is 11.1 Å². The number of hydrogen-bond acceptors (Lipinski definition) is 4. The normalized spacial score (nSPS) is 16.3. The zero-order valence-electron chi connectivity index (χ0n) is 15.3. The summed E-state index contributed by atoms with van der Waals surface area (Å²) >= 11 is 1.96. The smallest absolute Gasteiger partial charge is 0.244 e. The van der Waals surface area contributed by atoms with Gasteiger partial charge in [-0.1, -0.05) is 44.2 Å². The van der Waals surface area contributed by atoms with Gasteiger partial charge >= 0.3 is 0 Å². The highest BCUT2D eigenvalue weighted by Gasteiger charge is 2.32. The van der Waals surface area contributed by atoms with Gasteiger partial charge in [0.2, 0.25) is 5.91 Å². The van der Waals surface area contributed by atoms with Gasteiger partial charge in [0.1, 0.15) is 6.04 Å². The number of carbonyl (C=O) groups excluding carboxylic acids is 1. The van der Waals surface area contributed by atoms with E-state index in [0.29, 0.717) is 13.1 Å². The van der Waals surface area contributed by atoms with Crippen molar-refractivity contribution in [2.45, 2.75) is 19.9 Å². The quantitative estimate of drug-likeness (QED) is 0.786. The molecule has 1 aromatic rings. The highest BCUT2D eigenvalue weighted by Crippen LogP contribution is 2.27. The molecular formula is C18H31Cl2N3OS. The lowest BCUT2D eigenvalue weighted by Gasteiger charge is -2.37. The standard InChI is InChI=1S/C18H29N3OS.2ClH/c1-18(2,13-19)14-20(3)17(22)16(15-7-5-4-6-8-15)21-9-11-23-12-10-21;;/h4-8,16H,9-14,19H2,1-3H3;2*1H. The van der Waals surface area contributed by atoms with Gasteiger partial charge in [-0.3, -0.25) is 9.69 Å². The maximum atomic E-state index is 13.2. The molecule has 25 heavy (non-hydrogen) atoms.